The predicted molar refractivity (Wildman–Crippen MR) is 78.5 cm³/mol. The molecule has 0 bridgehead atoms. The Morgan fingerprint density at radius 3 is 2.56 bits per heavy atom. The first-order chi connectivity index (χ1) is 8.86. The van der Waals surface area contributed by atoms with Gasteiger partial charge in [-0.2, -0.15) is 0 Å². The summed E-state index contributed by atoms with van der Waals surface area (Å²) in [6.45, 7) is 1.02. The summed E-state index contributed by atoms with van der Waals surface area (Å²) in [5, 5.41) is 3.53. The fourth-order valence-electron chi connectivity index (χ4n) is 2.91. The summed E-state index contributed by atoms with van der Waals surface area (Å²) in [6.07, 6.45) is 8.50. The van der Waals surface area contributed by atoms with Crippen molar-refractivity contribution in [3.05, 3.63) is 30.3 Å². The van der Waals surface area contributed by atoms with Gasteiger partial charge in [-0.25, -0.2) is 0 Å². The molecule has 0 amide bonds. The topological polar surface area (TPSA) is 24.4 Å². The van der Waals surface area contributed by atoms with Crippen molar-refractivity contribution >= 4 is 25.4 Å². The predicted octanol–water partition coefficient (Wildman–Crippen LogP) is 3.69. The van der Waals surface area contributed by atoms with Gasteiger partial charge in [0.25, 0.3) is 0 Å². The molecule has 3 rings (SSSR count). The van der Waals surface area contributed by atoms with Crippen LogP contribution in [0, 0.1) is 0 Å². The molecular weight excluding hydrogens is 287 g/mol. The monoisotopic (exact) mass is 308 g/mol. The molecule has 1 aromatic carbocycles. The van der Waals surface area contributed by atoms with Gasteiger partial charge in [0, 0.05) is 0 Å². The van der Waals surface area contributed by atoms with Crippen molar-refractivity contribution in [2.75, 3.05) is 11.9 Å². The third kappa shape index (κ3) is 2.78. The number of para-hydroxylation sites is 1. The third-order valence-corrected chi connectivity index (χ3v) is 7.01. The summed E-state index contributed by atoms with van der Waals surface area (Å²) in [7, 11) is 0. The van der Waals surface area contributed by atoms with Gasteiger partial charge in [-0.15, -0.1) is 0 Å². The molecule has 1 fully saturated rings. The molecule has 1 N–H and O–H groups in total. The number of rotatable bonds is 1. The van der Waals surface area contributed by atoms with Gasteiger partial charge in [-0.1, -0.05) is 0 Å². The van der Waals surface area contributed by atoms with E-state index in [0.717, 1.165) is 6.54 Å². The molecule has 1 aromatic rings. The maximum absolute atomic E-state index is 4.71. The van der Waals surface area contributed by atoms with Crippen molar-refractivity contribution in [2.24, 2.45) is 4.99 Å². The van der Waals surface area contributed by atoms with Gasteiger partial charge in [0.1, 0.15) is 0 Å². The molecule has 1 aliphatic heterocycles. The van der Waals surface area contributed by atoms with Crippen LogP contribution in [0.2, 0.25) is 4.31 Å². The van der Waals surface area contributed by atoms with Crippen LogP contribution in [-0.2, 0) is 0 Å². The van der Waals surface area contributed by atoms with E-state index in [-0.39, 0.29) is 0 Å². The zero-order chi connectivity index (χ0) is 12.3. The molecule has 0 aromatic heterocycles. The van der Waals surface area contributed by atoms with Crippen molar-refractivity contribution in [1.82, 2.24) is 0 Å². The number of nitrogens with one attached hydrogen (secondary N) is 1. The van der Waals surface area contributed by atoms with Crippen molar-refractivity contribution in [1.29, 1.82) is 0 Å². The number of nitrogens with zero attached hydrogens (tertiary/aromatic N) is 1. The summed E-state index contributed by atoms with van der Waals surface area (Å²) in [4.78, 5) is 4.71. The van der Waals surface area contributed by atoms with E-state index in [2.05, 4.69) is 35.6 Å². The van der Waals surface area contributed by atoms with Crippen LogP contribution in [0.25, 0.3) is 0 Å². The molecule has 3 heteroatoms. The van der Waals surface area contributed by atoms with Gasteiger partial charge in [-0.05, 0) is 0 Å². The van der Waals surface area contributed by atoms with Crippen molar-refractivity contribution in [3.63, 3.8) is 0 Å². The van der Waals surface area contributed by atoms with E-state index < -0.39 is 0 Å². The molecule has 0 radical (unpaired) electrons. The summed E-state index contributed by atoms with van der Waals surface area (Å²) in [5.41, 5.74) is 1.19. The number of aliphatic imine (C=N–C) groups is 1. The second-order valence-corrected chi connectivity index (χ2v) is 8.33. The molecule has 0 saturated heterocycles. The Balaban J connectivity index is 1.68. The average Bonchev–Trinajstić information content (AvgIpc) is 2.41. The standard InChI is InChI=1S/C15H20N2Se/c1-3-7-13(8-4-1)17-14-16-12-11-15(18-14)9-5-2-6-10-15/h1,3-4,7-8H,2,5-6,9-12H2,(H,16,17). The number of hydrogen-bond donors (Lipinski definition) is 1. The summed E-state index contributed by atoms with van der Waals surface area (Å²) < 4.78 is 1.89. The van der Waals surface area contributed by atoms with Gasteiger partial charge >= 0.3 is 115 Å². The second-order valence-electron chi connectivity index (χ2n) is 5.27. The summed E-state index contributed by atoms with van der Waals surface area (Å²) >= 11 is 0.529. The van der Waals surface area contributed by atoms with E-state index in [1.165, 1.54) is 48.9 Å². The molecule has 1 heterocycles. The fraction of sp³-hybridized carbons (Fsp3) is 0.533. The molecule has 96 valence electrons. The van der Waals surface area contributed by atoms with Gasteiger partial charge in [-0.3, -0.25) is 0 Å². The third-order valence-electron chi connectivity index (χ3n) is 3.93. The van der Waals surface area contributed by atoms with Gasteiger partial charge in [0.2, 0.25) is 0 Å². The molecular formula is C15H20N2Se. The Morgan fingerprint density at radius 2 is 1.78 bits per heavy atom. The zero-order valence-corrected chi connectivity index (χ0v) is 12.4. The minimum atomic E-state index is 0.529. The maximum atomic E-state index is 4.71. The SMILES string of the molecule is c1ccc(NC2=NCCC3(CCCCC3)[Se]2)cc1. The van der Waals surface area contributed by atoms with E-state index >= 15 is 0 Å². The molecule has 18 heavy (non-hydrogen) atoms. The quantitative estimate of drug-likeness (QED) is 0.786. The van der Waals surface area contributed by atoms with Crippen LogP contribution in [0.1, 0.15) is 38.5 Å². The summed E-state index contributed by atoms with van der Waals surface area (Å²) in [6, 6.07) is 10.5. The Hall–Kier alpha value is -0.791. The normalized spacial score (nSPS) is 22.6. The average molecular weight is 307 g/mol. The van der Waals surface area contributed by atoms with Crippen molar-refractivity contribution in [2.45, 2.75) is 42.8 Å². The Bertz CT molecular complexity index is 421. The van der Waals surface area contributed by atoms with Crippen LogP contribution < -0.4 is 5.32 Å². The van der Waals surface area contributed by atoms with E-state index in [1.807, 2.05) is 0 Å². The number of anilines is 1. The van der Waals surface area contributed by atoms with E-state index in [1.54, 1.807) is 0 Å². The molecule has 0 unspecified atom stereocenters. The molecule has 0 atom stereocenters. The first-order valence-electron chi connectivity index (χ1n) is 6.92. The first kappa shape index (κ1) is 12.3. The molecule has 1 spiro atoms. The zero-order valence-electron chi connectivity index (χ0n) is 10.7. The molecule has 1 saturated carbocycles. The molecule has 1 aliphatic carbocycles. The van der Waals surface area contributed by atoms with Crippen molar-refractivity contribution in [3.8, 4) is 0 Å². The van der Waals surface area contributed by atoms with Crippen LogP contribution in [-0.4, -0.2) is 26.2 Å². The molecule has 2 nitrogen and oxygen atoms in total. The van der Waals surface area contributed by atoms with Gasteiger partial charge in [0.15, 0.2) is 0 Å². The molecule has 2 aliphatic rings. The summed E-state index contributed by atoms with van der Waals surface area (Å²) in [5.74, 6) is 0. The van der Waals surface area contributed by atoms with Crippen molar-refractivity contribution < 1.29 is 0 Å². The van der Waals surface area contributed by atoms with Crippen LogP contribution >= 0.6 is 0 Å². The van der Waals surface area contributed by atoms with Gasteiger partial charge in [0.05, 0.1) is 0 Å². The Labute approximate surface area is 115 Å². The van der Waals surface area contributed by atoms with E-state index in [0.29, 0.717) is 19.3 Å². The number of hydrogen-bond acceptors (Lipinski definition) is 2. The van der Waals surface area contributed by atoms with Crippen LogP contribution in [0.3, 0.4) is 0 Å². The fourth-order valence-corrected chi connectivity index (χ4v) is 5.89. The number of amidine groups is 1. The Morgan fingerprint density at radius 1 is 1.00 bits per heavy atom. The number of benzene rings is 1. The first-order valence-corrected chi connectivity index (χ1v) is 8.63. The van der Waals surface area contributed by atoms with Crippen LogP contribution in [0.4, 0.5) is 5.69 Å². The van der Waals surface area contributed by atoms with Crippen LogP contribution in [0.5, 0.6) is 0 Å². The minimum absolute atomic E-state index is 0.529. The second kappa shape index (κ2) is 5.46. The Kier molecular flexibility index (Phi) is 3.72. The van der Waals surface area contributed by atoms with Gasteiger partial charge < -0.3 is 0 Å². The van der Waals surface area contributed by atoms with Crippen LogP contribution in [0.15, 0.2) is 35.3 Å². The van der Waals surface area contributed by atoms with E-state index in [9.17, 15) is 0 Å². The van der Waals surface area contributed by atoms with E-state index in [4.69, 9.17) is 4.99 Å².